The van der Waals surface area contributed by atoms with Crippen LogP contribution in [-0.2, 0) is 0 Å². The molecule has 2 atom stereocenters. The van der Waals surface area contributed by atoms with Crippen molar-refractivity contribution in [2.24, 2.45) is 0 Å². The number of thiophene rings is 1. The molecule has 4 aromatic rings. The van der Waals surface area contributed by atoms with Crippen LogP contribution < -0.4 is 5.32 Å². The fraction of sp³-hybridized carbons (Fsp3) is 0.273. The van der Waals surface area contributed by atoms with Gasteiger partial charge in [0.15, 0.2) is 11.5 Å². The molecule has 5 rings (SSSR count). The summed E-state index contributed by atoms with van der Waals surface area (Å²) in [5, 5.41) is 28.0. The van der Waals surface area contributed by atoms with Gasteiger partial charge in [0.25, 0.3) is 5.91 Å². The maximum Gasteiger partial charge on any atom is 0.407 e. The van der Waals surface area contributed by atoms with Crippen LogP contribution in [-0.4, -0.2) is 64.2 Å². The summed E-state index contributed by atoms with van der Waals surface area (Å²) in [5.41, 5.74) is 0.724. The Bertz CT molecular complexity index is 1520. The lowest BCUT2D eigenvalue weighted by molar-refractivity contribution is -0.380. The molecule has 15 heteroatoms. The number of hydrogen-bond acceptors (Lipinski definition) is 9. The van der Waals surface area contributed by atoms with Crippen molar-refractivity contribution in [3.63, 3.8) is 0 Å². The maximum atomic E-state index is 13.4. The van der Waals surface area contributed by atoms with Gasteiger partial charge in [-0.3, -0.25) is 14.9 Å². The first kappa shape index (κ1) is 24.2. The van der Waals surface area contributed by atoms with Crippen molar-refractivity contribution < 1.29 is 24.0 Å². The third-order valence-electron chi connectivity index (χ3n) is 6.16. The average Bonchev–Trinajstić information content (AvgIpc) is 3.61. The van der Waals surface area contributed by atoms with E-state index in [1.807, 2.05) is 6.92 Å². The van der Waals surface area contributed by atoms with Gasteiger partial charge in [-0.1, -0.05) is 18.3 Å². The zero-order valence-electron chi connectivity index (χ0n) is 19.2. The number of carboxylic acid groups (broad SMARTS) is 1. The first-order chi connectivity index (χ1) is 17.8. The van der Waals surface area contributed by atoms with E-state index in [2.05, 4.69) is 25.4 Å². The lowest BCUT2D eigenvalue weighted by atomic mass is 10.1. The van der Waals surface area contributed by atoms with Gasteiger partial charge in [0.05, 0.1) is 33.5 Å². The topological polar surface area (TPSA) is 169 Å². The first-order valence-electron chi connectivity index (χ1n) is 11.2. The lowest BCUT2D eigenvalue weighted by Gasteiger charge is -2.25. The molecule has 37 heavy (non-hydrogen) atoms. The van der Waals surface area contributed by atoms with Crippen LogP contribution in [0.4, 0.5) is 20.0 Å². The number of nitro groups is 1. The molecule has 2 N–H and O–H groups in total. The Hall–Kier alpha value is -4.53. The molecule has 0 saturated carbocycles. The van der Waals surface area contributed by atoms with Gasteiger partial charge in [-0.05, 0) is 31.0 Å². The van der Waals surface area contributed by atoms with Crippen molar-refractivity contribution in [3.05, 3.63) is 57.6 Å². The second kappa shape index (κ2) is 9.50. The minimum absolute atomic E-state index is 0.0952. The molecule has 5 heterocycles. The van der Waals surface area contributed by atoms with Crippen LogP contribution in [0.3, 0.4) is 0 Å². The van der Waals surface area contributed by atoms with Crippen molar-refractivity contribution in [1.29, 1.82) is 0 Å². The first-order valence-corrected chi connectivity index (χ1v) is 12.0. The Morgan fingerprint density at radius 2 is 2.08 bits per heavy atom. The normalized spacial score (nSPS) is 17.3. The van der Waals surface area contributed by atoms with Crippen LogP contribution in [0, 0.1) is 16.1 Å². The molecule has 13 nitrogen and oxygen atoms in total. The van der Waals surface area contributed by atoms with Crippen molar-refractivity contribution in [2.45, 2.75) is 31.8 Å². The van der Waals surface area contributed by atoms with Gasteiger partial charge in [-0.2, -0.15) is 9.49 Å². The molecule has 1 saturated heterocycles. The number of amides is 2. The minimum Gasteiger partial charge on any atom is -0.465 e. The Balaban J connectivity index is 1.60. The number of halogens is 1. The van der Waals surface area contributed by atoms with E-state index < -0.39 is 22.9 Å². The smallest absolute Gasteiger partial charge is 0.407 e. The maximum absolute atomic E-state index is 13.4. The largest absolute Gasteiger partial charge is 0.465 e. The number of aromatic nitrogens is 5. The molecule has 1 fully saturated rings. The van der Waals surface area contributed by atoms with Crippen molar-refractivity contribution in [1.82, 2.24) is 29.6 Å². The highest BCUT2D eigenvalue weighted by Gasteiger charge is 2.38. The predicted octanol–water partition coefficient (Wildman–Crippen LogP) is 3.95. The van der Waals surface area contributed by atoms with E-state index >= 15 is 0 Å². The molecular weight excluding hydrogens is 507 g/mol. The molecule has 0 aliphatic carbocycles. The fourth-order valence-corrected chi connectivity index (χ4v) is 5.19. The summed E-state index contributed by atoms with van der Waals surface area (Å²) in [4.78, 5) is 49.2. The van der Waals surface area contributed by atoms with Crippen LogP contribution in [0.15, 0.2) is 36.7 Å². The van der Waals surface area contributed by atoms with Gasteiger partial charge in [-0.25, -0.2) is 24.4 Å². The number of likely N-dealkylation sites (tertiary alicyclic amines) is 1. The number of fused-ring (bicyclic) bond motifs is 1. The SMILES string of the molecule is CC[C@@H]1C(n2ncc3c(NC(=O)c4ccc([N+](=O)[O-])s4)nc(-c4ccc(F)nc4)nc32)CCN1C(=O)O. The van der Waals surface area contributed by atoms with Crippen LogP contribution in [0.5, 0.6) is 0 Å². The number of carbonyl (C=O) groups excluding carboxylic acids is 1. The number of rotatable bonds is 6. The lowest BCUT2D eigenvalue weighted by Crippen LogP contribution is -2.37. The van der Waals surface area contributed by atoms with E-state index in [1.165, 1.54) is 35.5 Å². The highest BCUT2D eigenvalue weighted by molar-refractivity contribution is 7.17. The van der Waals surface area contributed by atoms with Crippen LogP contribution in [0.25, 0.3) is 22.4 Å². The zero-order chi connectivity index (χ0) is 26.3. The average molecular weight is 527 g/mol. The molecule has 1 aliphatic heterocycles. The standard InChI is InChI=1S/C22H19FN8O5S/c1-2-13-14(7-8-29(13)22(33)34)30-20-12(10-25-30)19(26-18(27-20)11-3-5-16(23)24-9-11)28-21(32)15-4-6-17(37-15)31(35)36/h3-6,9-10,13-14H,2,7-8H2,1H3,(H,33,34)(H,26,27,28,32)/t13-,14?/m1/s1. The van der Waals surface area contributed by atoms with Crippen LogP contribution >= 0.6 is 11.3 Å². The summed E-state index contributed by atoms with van der Waals surface area (Å²) in [5.74, 6) is -1.07. The molecule has 0 spiro atoms. The second-order valence-electron chi connectivity index (χ2n) is 8.25. The summed E-state index contributed by atoms with van der Waals surface area (Å²) < 4.78 is 15.1. The minimum atomic E-state index is -1.02. The Morgan fingerprint density at radius 1 is 1.27 bits per heavy atom. The summed E-state index contributed by atoms with van der Waals surface area (Å²) >= 11 is 0.720. The van der Waals surface area contributed by atoms with E-state index in [9.17, 15) is 29.2 Å². The summed E-state index contributed by atoms with van der Waals surface area (Å²) in [6.07, 6.45) is 2.78. The van der Waals surface area contributed by atoms with Gasteiger partial charge in [-0.15, -0.1) is 0 Å². The van der Waals surface area contributed by atoms with E-state index in [1.54, 1.807) is 4.68 Å². The predicted molar refractivity (Wildman–Crippen MR) is 130 cm³/mol. The molecule has 1 unspecified atom stereocenters. The molecule has 2 amide bonds. The molecule has 0 bridgehead atoms. The molecule has 0 radical (unpaired) electrons. The zero-order valence-corrected chi connectivity index (χ0v) is 20.1. The number of nitrogens with zero attached hydrogens (tertiary/aromatic N) is 7. The number of pyridine rings is 1. The van der Waals surface area contributed by atoms with Gasteiger partial charge >= 0.3 is 11.1 Å². The summed E-state index contributed by atoms with van der Waals surface area (Å²) in [7, 11) is 0. The molecular formula is C22H19FN8O5S. The fourth-order valence-electron chi connectivity index (χ4n) is 4.47. The molecule has 1 aliphatic rings. The molecule has 190 valence electrons. The van der Waals surface area contributed by atoms with E-state index in [-0.39, 0.29) is 33.6 Å². The highest BCUT2D eigenvalue weighted by atomic mass is 32.1. The van der Waals surface area contributed by atoms with Crippen LogP contribution in [0.2, 0.25) is 0 Å². The van der Waals surface area contributed by atoms with E-state index in [0.29, 0.717) is 36.0 Å². The van der Waals surface area contributed by atoms with Gasteiger partial charge in [0, 0.05) is 24.4 Å². The number of carbonyl (C=O) groups is 2. The second-order valence-corrected chi connectivity index (χ2v) is 9.31. The Labute approximate surface area is 211 Å². The van der Waals surface area contributed by atoms with Crippen molar-refractivity contribution in [3.8, 4) is 11.4 Å². The van der Waals surface area contributed by atoms with Crippen molar-refractivity contribution in [2.75, 3.05) is 11.9 Å². The van der Waals surface area contributed by atoms with Crippen LogP contribution in [0.1, 0.15) is 35.5 Å². The monoisotopic (exact) mass is 526 g/mol. The summed E-state index contributed by atoms with van der Waals surface area (Å²) in [6.45, 7) is 2.22. The number of hydrogen-bond donors (Lipinski definition) is 2. The van der Waals surface area contributed by atoms with Crippen molar-refractivity contribution >= 4 is 45.2 Å². The Kier molecular flexibility index (Phi) is 6.20. The van der Waals surface area contributed by atoms with Gasteiger partial charge < -0.3 is 15.3 Å². The highest BCUT2D eigenvalue weighted by Crippen LogP contribution is 2.35. The number of nitrogens with one attached hydrogen (secondary N) is 1. The molecule has 4 aromatic heterocycles. The van der Waals surface area contributed by atoms with Gasteiger partial charge in [0.2, 0.25) is 5.95 Å². The summed E-state index contributed by atoms with van der Waals surface area (Å²) in [6, 6.07) is 4.53. The third-order valence-corrected chi connectivity index (χ3v) is 7.19. The van der Waals surface area contributed by atoms with Gasteiger partial charge in [0.1, 0.15) is 5.82 Å². The third kappa shape index (κ3) is 4.44. The van der Waals surface area contributed by atoms with E-state index in [0.717, 1.165) is 17.4 Å². The quantitative estimate of drug-likeness (QED) is 0.214. The van der Waals surface area contributed by atoms with E-state index in [4.69, 9.17) is 0 Å². The molecule has 0 aromatic carbocycles. The number of anilines is 1. The Morgan fingerprint density at radius 3 is 2.73 bits per heavy atom.